The Morgan fingerprint density at radius 2 is 1.95 bits per heavy atom. The average Bonchev–Trinajstić information content (AvgIpc) is 3.23. The molecule has 0 bridgehead atoms. The van der Waals surface area contributed by atoms with Crippen molar-refractivity contribution in [2.24, 2.45) is 5.92 Å². The average molecular weight is 289 g/mol. The number of ether oxygens (including phenoxy) is 1. The molecule has 1 aromatic carbocycles. The fourth-order valence-corrected chi connectivity index (χ4v) is 3.10. The second-order valence-corrected chi connectivity index (χ2v) is 6.45. The lowest BCUT2D eigenvalue weighted by atomic mass is 9.88. The first kappa shape index (κ1) is 14.4. The summed E-state index contributed by atoms with van der Waals surface area (Å²) >= 11 is 0. The monoisotopic (exact) mass is 289 g/mol. The van der Waals surface area contributed by atoms with Crippen molar-refractivity contribution in [3.8, 4) is 5.75 Å². The summed E-state index contributed by atoms with van der Waals surface area (Å²) in [5.74, 6) is 1.38. The smallest absolute Gasteiger partial charge is 0.226 e. The summed E-state index contributed by atoms with van der Waals surface area (Å²) in [4.78, 5) is 13.8. The molecule has 2 aliphatic rings. The van der Waals surface area contributed by atoms with Gasteiger partial charge in [0.15, 0.2) is 0 Å². The Bertz CT molecular complexity index is 525. The van der Waals surface area contributed by atoms with Crippen LogP contribution in [0.5, 0.6) is 5.75 Å². The number of nitrogens with zero attached hydrogens (tertiary/aromatic N) is 1. The molecule has 1 aliphatic carbocycles. The number of benzene rings is 1. The number of amides is 1. The van der Waals surface area contributed by atoms with Crippen LogP contribution in [0.1, 0.15) is 30.4 Å². The molecule has 0 unspecified atom stereocenters. The van der Waals surface area contributed by atoms with Crippen LogP contribution in [0.2, 0.25) is 0 Å². The molecule has 1 aliphatic heterocycles. The highest BCUT2D eigenvalue weighted by atomic mass is 16.5. The summed E-state index contributed by atoms with van der Waals surface area (Å²) in [5, 5.41) is 10.2. The third kappa shape index (κ3) is 2.91. The highest BCUT2D eigenvalue weighted by Gasteiger charge is 2.53. The summed E-state index contributed by atoms with van der Waals surface area (Å²) in [6.07, 6.45) is 2.58. The second-order valence-electron chi connectivity index (χ2n) is 6.45. The summed E-state index contributed by atoms with van der Waals surface area (Å²) in [6.45, 7) is 5.41. The van der Waals surface area contributed by atoms with Gasteiger partial charge in [0.25, 0.3) is 0 Å². The molecular formula is C17H23NO3. The van der Waals surface area contributed by atoms with Crippen LogP contribution in [0.4, 0.5) is 0 Å². The predicted octanol–water partition coefficient (Wildman–Crippen LogP) is 2.06. The molecule has 114 valence electrons. The zero-order valence-corrected chi connectivity index (χ0v) is 12.8. The number of hydrogen-bond donors (Lipinski definition) is 1. The van der Waals surface area contributed by atoms with Crippen molar-refractivity contribution in [1.82, 2.24) is 4.90 Å². The maximum atomic E-state index is 12.1. The van der Waals surface area contributed by atoms with Crippen molar-refractivity contribution in [3.63, 3.8) is 0 Å². The topological polar surface area (TPSA) is 49.8 Å². The molecule has 0 radical (unpaired) electrons. The molecule has 1 N–H and O–H groups in total. The quantitative estimate of drug-likeness (QED) is 0.902. The molecule has 1 aromatic rings. The number of hydrogen-bond acceptors (Lipinski definition) is 3. The summed E-state index contributed by atoms with van der Waals surface area (Å²) < 4.78 is 5.76. The van der Waals surface area contributed by atoms with Crippen LogP contribution in [0.15, 0.2) is 18.2 Å². The van der Waals surface area contributed by atoms with Gasteiger partial charge in [-0.25, -0.2) is 0 Å². The minimum Gasteiger partial charge on any atom is -0.493 e. The number of β-amino-alcohol motifs (C(OH)–C–C–N with tert-alkyl or cyclic N) is 1. The summed E-state index contributed by atoms with van der Waals surface area (Å²) in [5.41, 5.74) is 1.59. The highest BCUT2D eigenvalue weighted by molar-refractivity contribution is 5.77. The Labute approximate surface area is 125 Å². The number of carbonyl (C=O) groups is 1. The van der Waals surface area contributed by atoms with Crippen molar-refractivity contribution < 1.29 is 14.6 Å². The van der Waals surface area contributed by atoms with E-state index >= 15 is 0 Å². The van der Waals surface area contributed by atoms with E-state index in [1.54, 1.807) is 4.90 Å². The minimum atomic E-state index is -0.594. The number of likely N-dealkylation sites (tertiary alicyclic amines) is 1. The van der Waals surface area contributed by atoms with Crippen molar-refractivity contribution in [2.45, 2.75) is 38.7 Å². The molecule has 4 nitrogen and oxygen atoms in total. The van der Waals surface area contributed by atoms with Crippen LogP contribution in [0, 0.1) is 19.8 Å². The largest absolute Gasteiger partial charge is 0.493 e. The standard InChI is InChI=1S/C17H23NO3/c1-12-4-3-5-13(2)16(12)21-9-8-15(19)18-10-17(20,11-18)14-6-7-14/h3-5,14,20H,6-11H2,1-2H3. The van der Waals surface area contributed by atoms with Gasteiger partial charge in [-0.15, -0.1) is 0 Å². The third-order valence-electron chi connectivity index (χ3n) is 4.59. The molecule has 0 aromatic heterocycles. The van der Waals surface area contributed by atoms with Crippen LogP contribution in [0.25, 0.3) is 0 Å². The van der Waals surface area contributed by atoms with Crippen LogP contribution < -0.4 is 4.74 Å². The Hall–Kier alpha value is -1.55. The van der Waals surface area contributed by atoms with E-state index in [1.807, 2.05) is 32.0 Å². The predicted molar refractivity (Wildman–Crippen MR) is 80.3 cm³/mol. The van der Waals surface area contributed by atoms with E-state index in [2.05, 4.69) is 0 Å². The van der Waals surface area contributed by atoms with Gasteiger partial charge in [-0.05, 0) is 43.7 Å². The van der Waals surface area contributed by atoms with Gasteiger partial charge in [-0.1, -0.05) is 18.2 Å². The zero-order valence-electron chi connectivity index (χ0n) is 12.8. The number of rotatable bonds is 5. The van der Waals surface area contributed by atoms with Gasteiger partial charge in [0.2, 0.25) is 5.91 Å². The first-order valence-corrected chi connectivity index (χ1v) is 7.69. The van der Waals surface area contributed by atoms with Crippen molar-refractivity contribution in [2.75, 3.05) is 19.7 Å². The van der Waals surface area contributed by atoms with E-state index in [0.717, 1.165) is 29.7 Å². The molecular weight excluding hydrogens is 266 g/mol. The van der Waals surface area contributed by atoms with Crippen LogP contribution in [-0.2, 0) is 4.79 Å². The molecule has 1 saturated carbocycles. The molecule has 0 spiro atoms. The Kier molecular flexibility index (Phi) is 3.66. The molecule has 21 heavy (non-hydrogen) atoms. The summed E-state index contributed by atoms with van der Waals surface area (Å²) in [6, 6.07) is 6.02. The number of aliphatic hydroxyl groups is 1. The first-order valence-electron chi connectivity index (χ1n) is 7.69. The van der Waals surface area contributed by atoms with Crippen LogP contribution in [0.3, 0.4) is 0 Å². The zero-order chi connectivity index (χ0) is 15.0. The van der Waals surface area contributed by atoms with Gasteiger partial charge in [0.05, 0.1) is 26.1 Å². The van der Waals surface area contributed by atoms with E-state index in [9.17, 15) is 9.90 Å². The maximum Gasteiger partial charge on any atom is 0.226 e. The second kappa shape index (κ2) is 5.34. The van der Waals surface area contributed by atoms with Crippen molar-refractivity contribution in [1.29, 1.82) is 0 Å². The first-order chi connectivity index (χ1) is 9.99. The van der Waals surface area contributed by atoms with Gasteiger partial charge >= 0.3 is 0 Å². The minimum absolute atomic E-state index is 0.0755. The number of aryl methyl sites for hydroxylation is 2. The molecule has 4 heteroatoms. The number of para-hydroxylation sites is 1. The molecule has 1 amide bonds. The third-order valence-corrected chi connectivity index (χ3v) is 4.59. The highest BCUT2D eigenvalue weighted by Crippen LogP contribution is 2.44. The van der Waals surface area contributed by atoms with Gasteiger partial charge in [0, 0.05) is 0 Å². The Morgan fingerprint density at radius 3 is 2.52 bits per heavy atom. The van der Waals surface area contributed by atoms with Gasteiger partial charge in [0.1, 0.15) is 11.4 Å². The molecule has 1 saturated heterocycles. The van der Waals surface area contributed by atoms with Gasteiger partial charge < -0.3 is 14.7 Å². The van der Waals surface area contributed by atoms with Gasteiger partial charge in [-0.3, -0.25) is 4.79 Å². The molecule has 3 rings (SSSR count). The Morgan fingerprint density at radius 1 is 1.33 bits per heavy atom. The maximum absolute atomic E-state index is 12.1. The van der Waals surface area contributed by atoms with Gasteiger partial charge in [-0.2, -0.15) is 0 Å². The fraction of sp³-hybridized carbons (Fsp3) is 0.588. The van der Waals surface area contributed by atoms with E-state index in [1.165, 1.54) is 0 Å². The Balaban J connectivity index is 1.45. The molecule has 2 fully saturated rings. The van der Waals surface area contributed by atoms with E-state index < -0.39 is 5.60 Å². The van der Waals surface area contributed by atoms with Crippen LogP contribution in [-0.4, -0.2) is 41.2 Å². The van der Waals surface area contributed by atoms with E-state index in [0.29, 0.717) is 32.0 Å². The lowest BCUT2D eigenvalue weighted by Crippen LogP contribution is -2.64. The summed E-state index contributed by atoms with van der Waals surface area (Å²) in [7, 11) is 0. The fourth-order valence-electron chi connectivity index (χ4n) is 3.10. The molecule has 1 heterocycles. The normalized spacial score (nSPS) is 20.0. The lowest BCUT2D eigenvalue weighted by molar-refractivity contribution is -0.159. The van der Waals surface area contributed by atoms with Crippen LogP contribution >= 0.6 is 0 Å². The SMILES string of the molecule is Cc1cccc(C)c1OCCC(=O)N1CC(O)(C2CC2)C1. The van der Waals surface area contributed by atoms with E-state index in [-0.39, 0.29) is 5.91 Å². The molecule has 0 atom stereocenters. The van der Waals surface area contributed by atoms with E-state index in [4.69, 9.17) is 4.74 Å². The van der Waals surface area contributed by atoms with Crippen molar-refractivity contribution >= 4 is 5.91 Å². The lowest BCUT2D eigenvalue weighted by Gasteiger charge is -2.47. The number of carbonyl (C=O) groups excluding carboxylic acids is 1. The van der Waals surface area contributed by atoms with Crippen molar-refractivity contribution in [3.05, 3.63) is 29.3 Å².